The summed E-state index contributed by atoms with van der Waals surface area (Å²) in [5.41, 5.74) is 2.03. The molecule has 7 heteroatoms. The van der Waals surface area contributed by atoms with Gasteiger partial charge in [-0.05, 0) is 49.4 Å². The van der Waals surface area contributed by atoms with Crippen molar-refractivity contribution in [3.05, 3.63) is 46.7 Å². The minimum Gasteiger partial charge on any atom is -0.339 e. The quantitative estimate of drug-likeness (QED) is 0.803. The first-order valence-corrected chi connectivity index (χ1v) is 9.25. The lowest BCUT2D eigenvalue weighted by molar-refractivity contribution is 0.0607. The first-order chi connectivity index (χ1) is 11.7. The molecule has 1 N–H and O–H groups in total. The van der Waals surface area contributed by atoms with E-state index in [-0.39, 0.29) is 18.3 Å². The van der Waals surface area contributed by atoms with Crippen LogP contribution in [-0.4, -0.2) is 46.8 Å². The van der Waals surface area contributed by atoms with E-state index in [2.05, 4.69) is 26.3 Å². The Morgan fingerprint density at radius 3 is 2.72 bits per heavy atom. The molecule has 1 aromatic carbocycles. The lowest BCUT2D eigenvalue weighted by Gasteiger charge is -2.38. The molecule has 2 fully saturated rings. The second kappa shape index (κ2) is 7.48. The van der Waals surface area contributed by atoms with Crippen molar-refractivity contribution in [1.82, 2.24) is 20.0 Å². The van der Waals surface area contributed by atoms with Gasteiger partial charge in [0.25, 0.3) is 5.91 Å². The van der Waals surface area contributed by atoms with Gasteiger partial charge in [0.15, 0.2) is 0 Å². The van der Waals surface area contributed by atoms with Crippen LogP contribution in [0.2, 0.25) is 0 Å². The fourth-order valence-electron chi connectivity index (χ4n) is 3.78. The van der Waals surface area contributed by atoms with Crippen molar-refractivity contribution in [2.45, 2.75) is 19.3 Å². The normalized spacial score (nSPS) is 19.0. The zero-order valence-corrected chi connectivity index (χ0v) is 16.4. The van der Waals surface area contributed by atoms with Gasteiger partial charge in [-0.25, -0.2) is 4.68 Å². The molecule has 2 aliphatic heterocycles. The van der Waals surface area contributed by atoms with E-state index >= 15 is 0 Å². The van der Waals surface area contributed by atoms with E-state index in [9.17, 15) is 4.79 Å². The number of nitrogens with zero attached hydrogens (tertiary/aromatic N) is 3. The lowest BCUT2D eigenvalue weighted by Crippen LogP contribution is -2.43. The maximum Gasteiger partial charge on any atom is 0.257 e. The summed E-state index contributed by atoms with van der Waals surface area (Å²) in [7, 11) is 0. The number of amides is 1. The highest BCUT2D eigenvalue weighted by Gasteiger charge is 2.38. The fraction of sp³-hybridized carbons (Fsp3) is 0.444. The molecule has 2 aliphatic rings. The smallest absolute Gasteiger partial charge is 0.257 e. The largest absolute Gasteiger partial charge is 0.339 e. The summed E-state index contributed by atoms with van der Waals surface area (Å²) in [5.74, 6) is 0.0945. The van der Waals surface area contributed by atoms with Crippen molar-refractivity contribution in [2.75, 3.05) is 26.2 Å². The number of hydrogen-bond donors (Lipinski definition) is 1. The number of benzene rings is 1. The van der Waals surface area contributed by atoms with Gasteiger partial charge >= 0.3 is 0 Å². The van der Waals surface area contributed by atoms with Crippen LogP contribution in [0.25, 0.3) is 5.69 Å². The van der Waals surface area contributed by atoms with Crippen molar-refractivity contribution in [3.8, 4) is 5.69 Å². The summed E-state index contributed by atoms with van der Waals surface area (Å²) < 4.78 is 2.75. The van der Waals surface area contributed by atoms with Crippen molar-refractivity contribution in [2.24, 2.45) is 5.41 Å². The first-order valence-electron chi connectivity index (χ1n) is 8.46. The highest BCUT2D eigenvalue weighted by molar-refractivity contribution is 9.10. The summed E-state index contributed by atoms with van der Waals surface area (Å²) in [6, 6.07) is 7.89. The van der Waals surface area contributed by atoms with E-state index in [1.54, 1.807) is 10.9 Å². The Morgan fingerprint density at radius 1 is 1.24 bits per heavy atom. The Balaban J connectivity index is 0.00000182. The zero-order chi connectivity index (χ0) is 16.6. The molecule has 3 heterocycles. The molecule has 1 aromatic heterocycles. The Hall–Kier alpha value is -1.37. The van der Waals surface area contributed by atoms with Crippen LogP contribution in [0.5, 0.6) is 0 Å². The third-order valence-corrected chi connectivity index (χ3v) is 5.84. The molecule has 1 spiro atoms. The van der Waals surface area contributed by atoms with Crippen LogP contribution in [0.4, 0.5) is 0 Å². The average Bonchev–Trinajstić information content (AvgIpc) is 3.25. The standard InChI is InChI=1S/C18H21BrN4O.ClH/c19-15-2-1-3-16(10-15)23-12-14(11-21-23)17(24)22-8-5-18(6-9-22)4-7-20-13-18;/h1-3,10-12,20H,4-9,13H2;1H. The maximum absolute atomic E-state index is 12.8. The van der Waals surface area contributed by atoms with E-state index in [1.807, 2.05) is 35.4 Å². The molecular formula is C18H22BrClN4O. The van der Waals surface area contributed by atoms with Crippen molar-refractivity contribution < 1.29 is 4.79 Å². The molecule has 0 aliphatic carbocycles. The van der Waals surface area contributed by atoms with Gasteiger partial charge in [0.05, 0.1) is 17.4 Å². The van der Waals surface area contributed by atoms with E-state index in [0.717, 1.165) is 49.2 Å². The van der Waals surface area contributed by atoms with Crippen LogP contribution in [0, 0.1) is 5.41 Å². The fourth-order valence-corrected chi connectivity index (χ4v) is 4.17. The van der Waals surface area contributed by atoms with Crippen LogP contribution < -0.4 is 5.32 Å². The molecule has 0 atom stereocenters. The van der Waals surface area contributed by atoms with E-state index in [0.29, 0.717) is 11.0 Å². The van der Waals surface area contributed by atoms with Gasteiger partial charge in [0, 0.05) is 30.3 Å². The molecular weight excluding hydrogens is 404 g/mol. The minimum absolute atomic E-state index is 0. The maximum atomic E-state index is 12.8. The topological polar surface area (TPSA) is 50.2 Å². The van der Waals surface area contributed by atoms with Gasteiger partial charge in [-0.1, -0.05) is 22.0 Å². The number of piperidine rings is 1. The molecule has 25 heavy (non-hydrogen) atoms. The summed E-state index contributed by atoms with van der Waals surface area (Å²) in [6.07, 6.45) is 6.95. The minimum atomic E-state index is 0. The number of aromatic nitrogens is 2. The predicted octanol–water partition coefficient (Wildman–Crippen LogP) is 3.27. The third-order valence-electron chi connectivity index (χ3n) is 5.35. The predicted molar refractivity (Wildman–Crippen MR) is 104 cm³/mol. The van der Waals surface area contributed by atoms with E-state index < -0.39 is 0 Å². The molecule has 5 nitrogen and oxygen atoms in total. The summed E-state index contributed by atoms with van der Waals surface area (Å²) >= 11 is 3.47. The number of rotatable bonds is 2. The van der Waals surface area contributed by atoms with E-state index in [1.165, 1.54) is 6.42 Å². The van der Waals surface area contributed by atoms with Crippen LogP contribution in [-0.2, 0) is 0 Å². The third kappa shape index (κ3) is 3.76. The Kier molecular flexibility index (Phi) is 5.51. The van der Waals surface area contributed by atoms with Gasteiger partial charge < -0.3 is 10.2 Å². The van der Waals surface area contributed by atoms with Gasteiger partial charge in [-0.3, -0.25) is 4.79 Å². The van der Waals surface area contributed by atoms with Crippen LogP contribution >= 0.6 is 28.3 Å². The second-order valence-electron chi connectivity index (χ2n) is 6.87. The van der Waals surface area contributed by atoms with Gasteiger partial charge in [0.1, 0.15) is 0 Å². The summed E-state index contributed by atoms with van der Waals surface area (Å²) in [5, 5.41) is 7.82. The van der Waals surface area contributed by atoms with Crippen molar-refractivity contribution >= 4 is 34.2 Å². The average molecular weight is 426 g/mol. The number of carbonyl (C=O) groups is 1. The molecule has 0 unspecified atom stereocenters. The Morgan fingerprint density at radius 2 is 2.04 bits per heavy atom. The van der Waals surface area contributed by atoms with Gasteiger partial charge in [-0.2, -0.15) is 5.10 Å². The number of likely N-dealkylation sites (tertiary alicyclic amines) is 1. The Bertz CT molecular complexity index is 747. The molecule has 0 radical (unpaired) electrons. The monoisotopic (exact) mass is 424 g/mol. The van der Waals surface area contributed by atoms with Crippen LogP contribution in [0.1, 0.15) is 29.6 Å². The summed E-state index contributed by atoms with van der Waals surface area (Å²) in [4.78, 5) is 14.7. The Labute approximate surface area is 162 Å². The molecule has 0 bridgehead atoms. The highest BCUT2D eigenvalue weighted by atomic mass is 79.9. The molecule has 4 rings (SSSR count). The number of nitrogens with one attached hydrogen (secondary N) is 1. The highest BCUT2D eigenvalue weighted by Crippen LogP contribution is 2.37. The van der Waals surface area contributed by atoms with Gasteiger partial charge in [0.2, 0.25) is 0 Å². The van der Waals surface area contributed by atoms with Crippen LogP contribution in [0.15, 0.2) is 41.1 Å². The molecule has 0 saturated carbocycles. The molecule has 1 amide bonds. The van der Waals surface area contributed by atoms with Gasteiger partial charge in [-0.15, -0.1) is 12.4 Å². The SMILES string of the molecule is Cl.O=C(c1cnn(-c2cccc(Br)c2)c1)N1CCC2(CCNC2)CC1. The van der Waals surface area contributed by atoms with Crippen LogP contribution in [0.3, 0.4) is 0 Å². The summed E-state index contributed by atoms with van der Waals surface area (Å²) in [6.45, 7) is 3.92. The molecule has 2 saturated heterocycles. The molecule has 134 valence electrons. The number of halogens is 2. The second-order valence-corrected chi connectivity index (χ2v) is 7.79. The number of hydrogen-bond acceptors (Lipinski definition) is 3. The van der Waals surface area contributed by atoms with Crippen molar-refractivity contribution in [3.63, 3.8) is 0 Å². The van der Waals surface area contributed by atoms with Crippen molar-refractivity contribution in [1.29, 1.82) is 0 Å². The zero-order valence-electron chi connectivity index (χ0n) is 13.9. The van der Waals surface area contributed by atoms with E-state index in [4.69, 9.17) is 0 Å². The first kappa shape index (κ1) is 18.4. The lowest BCUT2D eigenvalue weighted by atomic mass is 9.78. The molecule has 2 aromatic rings. The number of carbonyl (C=O) groups excluding carboxylic acids is 1.